The lowest BCUT2D eigenvalue weighted by molar-refractivity contribution is 0.102. The Morgan fingerprint density at radius 3 is 2.42 bits per heavy atom. The molecule has 8 nitrogen and oxygen atoms in total. The molecule has 0 spiro atoms. The average Bonchev–Trinajstić information content (AvgIpc) is 3.53. The first-order chi connectivity index (χ1) is 15.0. The predicted molar refractivity (Wildman–Crippen MR) is 121 cm³/mol. The minimum absolute atomic E-state index is 0.338. The fourth-order valence-electron chi connectivity index (χ4n) is 3.03. The number of amides is 1. The molecule has 1 amide bonds. The predicted octanol–water partition coefficient (Wildman–Crippen LogP) is 4.64. The number of carbonyl (C=O) groups is 1. The van der Waals surface area contributed by atoms with Crippen LogP contribution in [0.25, 0.3) is 15.7 Å². The number of aromatic nitrogens is 3. The molecule has 10 heteroatoms. The molecule has 0 aliphatic rings. The summed E-state index contributed by atoms with van der Waals surface area (Å²) >= 11 is 3.08. The highest BCUT2D eigenvalue weighted by Gasteiger charge is 2.19. The molecule has 0 aliphatic heterocycles. The van der Waals surface area contributed by atoms with Crippen LogP contribution in [0.5, 0.6) is 17.2 Å². The number of hydrogen-bond donors (Lipinski definition) is 1. The second kappa shape index (κ2) is 8.78. The lowest BCUT2D eigenvalue weighted by Crippen LogP contribution is -2.15. The number of thiophene rings is 1. The SMILES string of the molecule is COc1cc(C(=O)Nc2cc(C)nn2-c2nc(-c3cccs3)cs2)cc(OC)c1OC. The maximum absolute atomic E-state index is 13.0. The number of methoxy groups -OCH3 is 3. The molecule has 4 aromatic rings. The first-order valence-electron chi connectivity index (χ1n) is 9.21. The fraction of sp³-hybridized carbons (Fsp3) is 0.190. The van der Waals surface area contributed by atoms with E-state index in [1.807, 2.05) is 29.8 Å². The molecular weight excluding hydrogens is 436 g/mol. The van der Waals surface area contributed by atoms with Crippen LogP contribution >= 0.6 is 22.7 Å². The van der Waals surface area contributed by atoms with E-state index in [4.69, 9.17) is 14.2 Å². The van der Waals surface area contributed by atoms with Crippen LogP contribution in [-0.2, 0) is 0 Å². The first-order valence-corrected chi connectivity index (χ1v) is 11.0. The zero-order valence-electron chi connectivity index (χ0n) is 17.3. The summed E-state index contributed by atoms with van der Waals surface area (Å²) in [6, 6.07) is 9.00. The average molecular weight is 457 g/mol. The van der Waals surface area contributed by atoms with Crippen molar-refractivity contribution in [2.45, 2.75) is 6.92 Å². The van der Waals surface area contributed by atoms with Crippen molar-refractivity contribution in [1.29, 1.82) is 0 Å². The Bertz CT molecular complexity index is 1190. The molecule has 1 aromatic carbocycles. The van der Waals surface area contributed by atoms with Crippen LogP contribution in [0.4, 0.5) is 5.82 Å². The number of aryl methyl sites for hydroxylation is 1. The smallest absolute Gasteiger partial charge is 0.257 e. The number of anilines is 1. The molecule has 0 bridgehead atoms. The van der Waals surface area contributed by atoms with Crippen LogP contribution in [0, 0.1) is 6.92 Å². The normalized spacial score (nSPS) is 10.7. The van der Waals surface area contributed by atoms with Gasteiger partial charge in [-0.3, -0.25) is 4.79 Å². The summed E-state index contributed by atoms with van der Waals surface area (Å²) in [5.41, 5.74) is 2.00. The van der Waals surface area contributed by atoms with Gasteiger partial charge in [0, 0.05) is 17.0 Å². The molecule has 0 unspecified atom stereocenters. The molecule has 0 atom stereocenters. The topological polar surface area (TPSA) is 87.5 Å². The van der Waals surface area contributed by atoms with Gasteiger partial charge in [0.05, 0.1) is 37.6 Å². The van der Waals surface area contributed by atoms with Gasteiger partial charge in [0.2, 0.25) is 10.9 Å². The van der Waals surface area contributed by atoms with Crippen LogP contribution in [-0.4, -0.2) is 42.0 Å². The van der Waals surface area contributed by atoms with Gasteiger partial charge in [-0.1, -0.05) is 6.07 Å². The Kier molecular flexibility index (Phi) is 5.92. The van der Waals surface area contributed by atoms with Crippen molar-refractivity contribution >= 4 is 34.4 Å². The van der Waals surface area contributed by atoms with Crippen molar-refractivity contribution < 1.29 is 19.0 Å². The Balaban J connectivity index is 1.65. The lowest BCUT2D eigenvalue weighted by atomic mass is 10.1. The molecule has 0 saturated carbocycles. The van der Waals surface area contributed by atoms with Gasteiger partial charge >= 0.3 is 0 Å². The van der Waals surface area contributed by atoms with E-state index in [0.717, 1.165) is 16.3 Å². The van der Waals surface area contributed by atoms with Gasteiger partial charge < -0.3 is 19.5 Å². The maximum atomic E-state index is 13.0. The van der Waals surface area contributed by atoms with Gasteiger partial charge in [0.15, 0.2) is 11.5 Å². The number of nitrogens with zero attached hydrogens (tertiary/aromatic N) is 3. The Morgan fingerprint density at radius 2 is 1.81 bits per heavy atom. The lowest BCUT2D eigenvalue weighted by Gasteiger charge is -2.14. The largest absolute Gasteiger partial charge is 0.493 e. The summed E-state index contributed by atoms with van der Waals surface area (Å²) in [4.78, 5) is 18.8. The third-order valence-electron chi connectivity index (χ3n) is 4.45. The van der Waals surface area contributed by atoms with Gasteiger partial charge in [0.25, 0.3) is 5.91 Å². The minimum atomic E-state index is -0.338. The highest BCUT2D eigenvalue weighted by molar-refractivity contribution is 7.15. The monoisotopic (exact) mass is 456 g/mol. The van der Waals surface area contributed by atoms with Gasteiger partial charge in [-0.25, -0.2) is 4.98 Å². The third-order valence-corrected chi connectivity index (χ3v) is 6.16. The van der Waals surface area contributed by atoms with E-state index in [1.54, 1.807) is 34.2 Å². The second-order valence-electron chi connectivity index (χ2n) is 6.44. The summed E-state index contributed by atoms with van der Waals surface area (Å²) in [5, 5.41) is 12.1. The van der Waals surface area contributed by atoms with Crippen molar-refractivity contribution in [1.82, 2.24) is 14.8 Å². The van der Waals surface area contributed by atoms with E-state index in [9.17, 15) is 4.79 Å². The van der Waals surface area contributed by atoms with Gasteiger partial charge in [0.1, 0.15) is 5.82 Å². The van der Waals surface area contributed by atoms with Crippen molar-refractivity contribution in [2.24, 2.45) is 0 Å². The molecule has 3 aromatic heterocycles. The van der Waals surface area contributed by atoms with Crippen molar-refractivity contribution in [3.63, 3.8) is 0 Å². The fourth-order valence-corrected chi connectivity index (χ4v) is 4.58. The minimum Gasteiger partial charge on any atom is -0.493 e. The van der Waals surface area contributed by atoms with Crippen LogP contribution in [0.3, 0.4) is 0 Å². The molecule has 0 aliphatic carbocycles. The second-order valence-corrected chi connectivity index (χ2v) is 8.23. The summed E-state index contributed by atoms with van der Waals surface area (Å²) in [6.45, 7) is 1.86. The number of nitrogens with one attached hydrogen (secondary N) is 1. The van der Waals surface area contributed by atoms with Crippen LogP contribution in [0.15, 0.2) is 41.1 Å². The van der Waals surface area contributed by atoms with Gasteiger partial charge in [-0.2, -0.15) is 9.78 Å². The number of carbonyl (C=O) groups excluding carboxylic acids is 1. The molecular formula is C21H20N4O4S2. The van der Waals surface area contributed by atoms with E-state index in [2.05, 4.69) is 15.4 Å². The highest BCUT2D eigenvalue weighted by Crippen LogP contribution is 2.38. The molecule has 1 N–H and O–H groups in total. The van der Waals surface area contributed by atoms with Gasteiger partial charge in [-0.15, -0.1) is 22.7 Å². The first kappa shape index (κ1) is 20.9. The molecule has 0 fully saturated rings. The third kappa shape index (κ3) is 4.12. The zero-order valence-corrected chi connectivity index (χ0v) is 19.0. The summed E-state index contributed by atoms with van der Waals surface area (Å²) in [7, 11) is 4.52. The van der Waals surface area contributed by atoms with Crippen LogP contribution in [0.1, 0.15) is 16.1 Å². The molecule has 3 heterocycles. The molecule has 31 heavy (non-hydrogen) atoms. The molecule has 0 radical (unpaired) electrons. The molecule has 160 valence electrons. The van der Waals surface area contributed by atoms with E-state index >= 15 is 0 Å². The van der Waals surface area contributed by atoms with E-state index in [1.165, 1.54) is 32.7 Å². The summed E-state index contributed by atoms with van der Waals surface area (Å²) in [6.07, 6.45) is 0. The van der Waals surface area contributed by atoms with E-state index in [0.29, 0.717) is 33.8 Å². The van der Waals surface area contributed by atoms with Gasteiger partial charge in [-0.05, 0) is 30.5 Å². The van der Waals surface area contributed by atoms with Crippen molar-refractivity contribution in [3.8, 4) is 33.0 Å². The maximum Gasteiger partial charge on any atom is 0.257 e. The van der Waals surface area contributed by atoms with Crippen LogP contribution < -0.4 is 19.5 Å². The van der Waals surface area contributed by atoms with Crippen molar-refractivity contribution in [3.05, 3.63) is 52.3 Å². The van der Waals surface area contributed by atoms with E-state index < -0.39 is 0 Å². The summed E-state index contributed by atoms with van der Waals surface area (Å²) in [5.74, 6) is 1.40. The quantitative estimate of drug-likeness (QED) is 0.436. The Labute approximate surface area is 187 Å². The number of benzene rings is 1. The number of ether oxygens (including phenoxy) is 3. The Morgan fingerprint density at radius 1 is 1.06 bits per heavy atom. The Hall–Kier alpha value is -3.37. The number of hydrogen-bond acceptors (Lipinski definition) is 8. The summed E-state index contributed by atoms with van der Waals surface area (Å²) < 4.78 is 17.6. The zero-order chi connectivity index (χ0) is 22.0. The van der Waals surface area contributed by atoms with Crippen molar-refractivity contribution in [2.75, 3.05) is 26.6 Å². The van der Waals surface area contributed by atoms with E-state index in [-0.39, 0.29) is 5.91 Å². The standard InChI is InChI=1S/C21H20N4O4S2/c1-12-8-18(25(24-12)21-22-14(11-31-21)17-6-5-7-30-17)23-20(26)13-9-15(27-2)19(29-4)16(10-13)28-3/h5-11H,1-4H3,(H,23,26). The number of thiazole rings is 1. The highest BCUT2D eigenvalue weighted by atomic mass is 32.1. The molecule has 4 rings (SSSR count). The van der Waals surface area contributed by atoms with Crippen LogP contribution in [0.2, 0.25) is 0 Å². The molecule has 0 saturated heterocycles. The number of rotatable bonds is 7.